The predicted molar refractivity (Wildman–Crippen MR) is 55.3 cm³/mol. The fourth-order valence-electron chi connectivity index (χ4n) is 1.31. The summed E-state index contributed by atoms with van der Waals surface area (Å²) in [6, 6.07) is 8.81. The zero-order chi connectivity index (χ0) is 11.4. The van der Waals surface area contributed by atoms with Crippen LogP contribution in [-0.4, -0.2) is 21.4 Å². The summed E-state index contributed by atoms with van der Waals surface area (Å²) in [4.78, 5) is 11.4. The molecule has 0 aliphatic heterocycles. The number of hydrogen-bond donors (Lipinski definition) is 1. The van der Waals surface area contributed by atoms with Gasteiger partial charge in [-0.05, 0) is 12.1 Å². The minimum absolute atomic E-state index is 0.0659. The first-order valence-corrected chi connectivity index (χ1v) is 4.54. The quantitative estimate of drug-likeness (QED) is 0.807. The van der Waals surface area contributed by atoms with E-state index in [9.17, 15) is 4.79 Å². The third-order valence-electron chi connectivity index (χ3n) is 1.97. The van der Waals surface area contributed by atoms with E-state index in [0.29, 0.717) is 11.4 Å². The van der Waals surface area contributed by atoms with Gasteiger partial charge in [0.25, 0.3) is 0 Å². The maximum Gasteiger partial charge on any atom is 0.347 e. The molecule has 0 unspecified atom stereocenters. The Kier molecular flexibility index (Phi) is 2.69. The molecule has 16 heavy (non-hydrogen) atoms. The molecular formula is C10H8N4O2. The molecule has 2 rings (SSSR count). The molecule has 6 nitrogen and oxygen atoms in total. The number of nitriles is 1. The Morgan fingerprint density at radius 1 is 1.50 bits per heavy atom. The van der Waals surface area contributed by atoms with Crippen LogP contribution in [0.1, 0.15) is 0 Å². The molecule has 0 aliphatic carbocycles. The summed E-state index contributed by atoms with van der Waals surface area (Å²) in [5.74, 6) is 0.465. The van der Waals surface area contributed by atoms with E-state index in [0.717, 1.165) is 0 Å². The monoisotopic (exact) mass is 216 g/mol. The van der Waals surface area contributed by atoms with Gasteiger partial charge in [-0.3, -0.25) is 0 Å². The minimum Gasteiger partial charge on any atom is -0.477 e. The van der Waals surface area contributed by atoms with Gasteiger partial charge >= 0.3 is 5.69 Å². The lowest BCUT2D eigenvalue weighted by Gasteiger charge is -2.07. The van der Waals surface area contributed by atoms with Crippen molar-refractivity contribution in [2.75, 3.05) is 6.61 Å². The Balaban J connectivity index is 2.45. The molecule has 0 aliphatic rings. The number of nitrogens with one attached hydrogen (secondary N) is 1. The zero-order valence-corrected chi connectivity index (χ0v) is 8.25. The molecule has 0 saturated carbocycles. The second-order valence-corrected chi connectivity index (χ2v) is 2.95. The van der Waals surface area contributed by atoms with Crippen molar-refractivity contribution in [2.45, 2.75) is 0 Å². The number of aromatic amines is 1. The van der Waals surface area contributed by atoms with Crippen LogP contribution in [0.25, 0.3) is 5.69 Å². The van der Waals surface area contributed by atoms with Crippen molar-refractivity contribution in [1.82, 2.24) is 14.8 Å². The van der Waals surface area contributed by atoms with E-state index in [-0.39, 0.29) is 12.3 Å². The lowest BCUT2D eigenvalue weighted by Crippen LogP contribution is -2.15. The van der Waals surface area contributed by atoms with Gasteiger partial charge in [0.2, 0.25) is 0 Å². The van der Waals surface area contributed by atoms with Crippen molar-refractivity contribution >= 4 is 0 Å². The lowest BCUT2D eigenvalue weighted by atomic mass is 10.3. The third-order valence-corrected chi connectivity index (χ3v) is 1.97. The van der Waals surface area contributed by atoms with Crippen LogP contribution >= 0.6 is 0 Å². The van der Waals surface area contributed by atoms with Gasteiger partial charge in [-0.25, -0.2) is 14.5 Å². The fourth-order valence-corrected chi connectivity index (χ4v) is 1.31. The van der Waals surface area contributed by atoms with Crippen LogP contribution in [0, 0.1) is 11.3 Å². The van der Waals surface area contributed by atoms with Gasteiger partial charge in [-0.1, -0.05) is 12.1 Å². The normalized spacial score (nSPS) is 9.69. The molecule has 0 spiro atoms. The second-order valence-electron chi connectivity index (χ2n) is 2.95. The summed E-state index contributed by atoms with van der Waals surface area (Å²) in [6.07, 6.45) is 1.36. The minimum atomic E-state index is -0.354. The molecule has 1 aromatic carbocycles. The summed E-state index contributed by atoms with van der Waals surface area (Å²) in [6.45, 7) is -0.0659. The van der Waals surface area contributed by atoms with Gasteiger partial charge < -0.3 is 4.74 Å². The molecule has 1 heterocycles. The fraction of sp³-hybridized carbons (Fsp3) is 0.100. The van der Waals surface area contributed by atoms with Crippen molar-refractivity contribution in [3.8, 4) is 17.5 Å². The molecular weight excluding hydrogens is 208 g/mol. The number of nitrogens with zero attached hydrogens (tertiary/aromatic N) is 3. The summed E-state index contributed by atoms with van der Waals surface area (Å²) < 4.78 is 6.51. The van der Waals surface area contributed by atoms with Crippen LogP contribution in [-0.2, 0) is 0 Å². The first kappa shape index (κ1) is 9.98. The highest BCUT2D eigenvalue weighted by Crippen LogP contribution is 2.20. The number of benzene rings is 1. The highest BCUT2D eigenvalue weighted by Gasteiger charge is 2.07. The first-order valence-electron chi connectivity index (χ1n) is 4.54. The van der Waals surface area contributed by atoms with E-state index in [2.05, 4.69) is 10.2 Å². The Hall–Kier alpha value is -2.55. The molecule has 0 fully saturated rings. The van der Waals surface area contributed by atoms with Gasteiger partial charge in [0, 0.05) is 0 Å². The van der Waals surface area contributed by atoms with Crippen LogP contribution in [0.2, 0.25) is 0 Å². The molecule has 0 atom stereocenters. The molecule has 1 N–H and O–H groups in total. The van der Waals surface area contributed by atoms with E-state index in [1.54, 1.807) is 24.3 Å². The van der Waals surface area contributed by atoms with Crippen LogP contribution in [0.5, 0.6) is 5.75 Å². The smallest absolute Gasteiger partial charge is 0.347 e. The van der Waals surface area contributed by atoms with Crippen molar-refractivity contribution in [3.05, 3.63) is 41.1 Å². The Morgan fingerprint density at radius 3 is 3.00 bits per heavy atom. The first-order chi connectivity index (χ1) is 7.83. The second kappa shape index (κ2) is 4.31. The number of hydrogen-bond acceptors (Lipinski definition) is 4. The standard InChI is InChI=1S/C10H8N4O2/c11-5-6-16-9-4-2-1-3-8(9)14-7-12-13-10(14)15/h1-4,7H,6H2,(H,13,15). The van der Waals surface area contributed by atoms with Crippen molar-refractivity contribution in [1.29, 1.82) is 5.26 Å². The third kappa shape index (κ3) is 1.79. The van der Waals surface area contributed by atoms with Gasteiger partial charge in [0.05, 0.1) is 5.69 Å². The Morgan fingerprint density at radius 2 is 2.31 bits per heavy atom. The number of H-pyrrole nitrogens is 1. The van der Waals surface area contributed by atoms with Gasteiger partial charge in [0.15, 0.2) is 6.61 Å². The highest BCUT2D eigenvalue weighted by molar-refractivity contribution is 5.46. The van der Waals surface area contributed by atoms with Gasteiger partial charge in [-0.15, -0.1) is 0 Å². The van der Waals surface area contributed by atoms with Crippen molar-refractivity contribution in [3.63, 3.8) is 0 Å². The highest BCUT2D eigenvalue weighted by atomic mass is 16.5. The topological polar surface area (TPSA) is 83.7 Å². The van der Waals surface area contributed by atoms with E-state index >= 15 is 0 Å². The molecule has 1 aromatic heterocycles. The Bertz CT molecular complexity index is 579. The SMILES string of the molecule is N#CCOc1ccccc1-n1cn[nH]c1=O. The molecule has 0 amide bonds. The molecule has 0 saturated heterocycles. The molecule has 0 radical (unpaired) electrons. The van der Waals surface area contributed by atoms with Crippen LogP contribution in [0.4, 0.5) is 0 Å². The summed E-state index contributed by atoms with van der Waals surface area (Å²) in [7, 11) is 0. The zero-order valence-electron chi connectivity index (χ0n) is 8.25. The largest absolute Gasteiger partial charge is 0.477 e. The molecule has 80 valence electrons. The summed E-state index contributed by atoms with van der Waals surface area (Å²) in [5, 5.41) is 14.4. The molecule has 2 aromatic rings. The van der Waals surface area contributed by atoms with Gasteiger partial charge in [0.1, 0.15) is 18.1 Å². The van der Waals surface area contributed by atoms with Crippen molar-refractivity contribution < 1.29 is 4.74 Å². The van der Waals surface area contributed by atoms with E-state index in [1.807, 2.05) is 6.07 Å². The molecule has 0 bridgehead atoms. The van der Waals surface area contributed by atoms with E-state index in [1.165, 1.54) is 10.9 Å². The predicted octanol–water partition coefficient (Wildman–Crippen LogP) is 0.463. The number of aromatic nitrogens is 3. The van der Waals surface area contributed by atoms with Gasteiger partial charge in [-0.2, -0.15) is 10.4 Å². The van der Waals surface area contributed by atoms with Crippen LogP contribution in [0.3, 0.4) is 0 Å². The van der Waals surface area contributed by atoms with Crippen LogP contribution in [0.15, 0.2) is 35.4 Å². The van der Waals surface area contributed by atoms with Crippen LogP contribution < -0.4 is 10.4 Å². The lowest BCUT2D eigenvalue weighted by molar-refractivity contribution is 0.366. The molecule has 6 heteroatoms. The maximum atomic E-state index is 11.4. The number of rotatable bonds is 3. The maximum absolute atomic E-state index is 11.4. The Labute approximate surface area is 90.7 Å². The number of para-hydroxylation sites is 2. The number of ether oxygens (including phenoxy) is 1. The summed E-state index contributed by atoms with van der Waals surface area (Å²) >= 11 is 0. The van der Waals surface area contributed by atoms with E-state index < -0.39 is 0 Å². The average molecular weight is 216 g/mol. The van der Waals surface area contributed by atoms with Crippen molar-refractivity contribution in [2.24, 2.45) is 0 Å². The van der Waals surface area contributed by atoms with E-state index in [4.69, 9.17) is 10.00 Å². The summed E-state index contributed by atoms with van der Waals surface area (Å²) in [5.41, 5.74) is 0.199. The average Bonchev–Trinajstić information content (AvgIpc) is 2.73.